The molecule has 24 heavy (non-hydrogen) atoms. The number of nitrogens with zero attached hydrogens (tertiary/aromatic N) is 1. The smallest absolute Gasteiger partial charge is 0.247 e. The Morgan fingerprint density at radius 1 is 1.25 bits per heavy atom. The normalized spacial score (nSPS) is 25.0. The molecule has 1 spiro atoms. The molecule has 0 aliphatic carbocycles. The summed E-state index contributed by atoms with van der Waals surface area (Å²) in [5, 5.41) is 3.04. The van der Waals surface area contributed by atoms with Crippen molar-refractivity contribution in [3.63, 3.8) is 0 Å². The van der Waals surface area contributed by atoms with Crippen molar-refractivity contribution in [2.45, 2.75) is 36.1 Å². The number of methoxy groups -OCH3 is 1. The third-order valence-corrected chi connectivity index (χ3v) is 7.47. The number of ether oxygens (including phenoxy) is 1. The van der Waals surface area contributed by atoms with Crippen LogP contribution >= 0.6 is 23.2 Å². The quantitative estimate of drug-likeness (QED) is 0.856. The van der Waals surface area contributed by atoms with Crippen molar-refractivity contribution >= 4 is 39.1 Å². The SMILES string of the molecule is COc1c(S(=O)(=O)N2CCCC23CCCNC3=O)ccc(Cl)c1Cl. The predicted octanol–water partition coefficient (Wildman–Crippen LogP) is 2.44. The summed E-state index contributed by atoms with van der Waals surface area (Å²) in [7, 11) is -2.62. The standard InChI is InChI=1S/C15H18Cl2N2O4S/c1-23-13-11(5-4-10(16)12(13)17)24(21,22)19-9-3-7-15(19)6-2-8-18-14(15)20/h4-5H,2-3,6-9H2,1H3,(H,18,20). The van der Waals surface area contributed by atoms with E-state index in [1.54, 1.807) is 0 Å². The van der Waals surface area contributed by atoms with E-state index in [4.69, 9.17) is 27.9 Å². The van der Waals surface area contributed by atoms with Gasteiger partial charge in [0.1, 0.15) is 15.5 Å². The highest BCUT2D eigenvalue weighted by molar-refractivity contribution is 7.89. The number of hydrogen-bond donors (Lipinski definition) is 1. The lowest BCUT2D eigenvalue weighted by molar-refractivity contribution is -0.131. The number of amides is 1. The summed E-state index contributed by atoms with van der Waals surface area (Å²) < 4.78 is 33.0. The summed E-state index contributed by atoms with van der Waals surface area (Å²) >= 11 is 12.1. The second-order valence-electron chi connectivity index (χ2n) is 5.96. The molecule has 3 rings (SSSR count). The molecule has 6 nitrogen and oxygen atoms in total. The fraction of sp³-hybridized carbons (Fsp3) is 0.533. The van der Waals surface area contributed by atoms with Crippen LogP contribution in [0.25, 0.3) is 0 Å². The lowest BCUT2D eigenvalue weighted by atomic mass is 9.88. The number of hydrogen-bond acceptors (Lipinski definition) is 4. The van der Waals surface area contributed by atoms with Crippen molar-refractivity contribution in [2.75, 3.05) is 20.2 Å². The van der Waals surface area contributed by atoms with E-state index in [0.717, 1.165) is 6.42 Å². The van der Waals surface area contributed by atoms with Gasteiger partial charge >= 0.3 is 0 Å². The molecular weight excluding hydrogens is 375 g/mol. The lowest BCUT2D eigenvalue weighted by Gasteiger charge is -2.39. The number of rotatable bonds is 3. The molecule has 9 heteroatoms. The van der Waals surface area contributed by atoms with E-state index in [0.29, 0.717) is 32.4 Å². The molecule has 2 heterocycles. The highest BCUT2D eigenvalue weighted by Crippen LogP contribution is 2.44. The Morgan fingerprint density at radius 3 is 2.62 bits per heavy atom. The van der Waals surface area contributed by atoms with E-state index in [9.17, 15) is 13.2 Å². The van der Waals surface area contributed by atoms with E-state index in [1.165, 1.54) is 23.5 Å². The number of carbonyl (C=O) groups is 1. The van der Waals surface area contributed by atoms with Crippen molar-refractivity contribution in [2.24, 2.45) is 0 Å². The van der Waals surface area contributed by atoms with Gasteiger partial charge in [-0.15, -0.1) is 0 Å². The molecule has 1 aromatic rings. The van der Waals surface area contributed by atoms with E-state index in [1.807, 2.05) is 0 Å². The van der Waals surface area contributed by atoms with E-state index in [2.05, 4.69) is 5.32 Å². The van der Waals surface area contributed by atoms with Gasteiger partial charge in [-0.3, -0.25) is 4.79 Å². The monoisotopic (exact) mass is 392 g/mol. The molecule has 0 radical (unpaired) electrons. The first-order valence-corrected chi connectivity index (χ1v) is 9.87. The molecule has 2 fully saturated rings. The van der Waals surface area contributed by atoms with Gasteiger partial charge in [0, 0.05) is 13.1 Å². The summed E-state index contributed by atoms with van der Waals surface area (Å²) in [6.45, 7) is 0.865. The topological polar surface area (TPSA) is 75.7 Å². The van der Waals surface area contributed by atoms with Gasteiger partial charge in [-0.2, -0.15) is 4.31 Å². The van der Waals surface area contributed by atoms with Gasteiger partial charge in [0.2, 0.25) is 15.9 Å². The van der Waals surface area contributed by atoms with E-state index >= 15 is 0 Å². The van der Waals surface area contributed by atoms with Gasteiger partial charge in [-0.1, -0.05) is 23.2 Å². The Labute approximate surface area is 151 Å². The maximum Gasteiger partial charge on any atom is 0.247 e. The van der Waals surface area contributed by atoms with Crippen LogP contribution in [0.15, 0.2) is 17.0 Å². The number of carbonyl (C=O) groups excluding carboxylic acids is 1. The number of sulfonamides is 1. The van der Waals surface area contributed by atoms with Crippen LogP contribution in [0.4, 0.5) is 0 Å². The Kier molecular flexibility index (Phi) is 4.72. The van der Waals surface area contributed by atoms with E-state index in [-0.39, 0.29) is 26.6 Å². The first-order chi connectivity index (χ1) is 11.3. The Hall–Kier alpha value is -1.02. The molecule has 0 aromatic heterocycles. The van der Waals surface area contributed by atoms with Crippen LogP contribution in [0.3, 0.4) is 0 Å². The summed E-state index contributed by atoms with van der Waals surface area (Å²) in [5.74, 6) is -0.226. The number of nitrogens with one attached hydrogen (secondary N) is 1. The first kappa shape index (κ1) is 17.8. The minimum atomic E-state index is -3.96. The molecular formula is C15H18Cl2N2O4S. The van der Waals surface area contributed by atoms with Gasteiger partial charge in [-0.25, -0.2) is 8.42 Å². The second kappa shape index (κ2) is 6.37. The van der Waals surface area contributed by atoms with E-state index < -0.39 is 15.6 Å². The Balaban J connectivity index is 2.11. The molecule has 2 saturated heterocycles. The van der Waals surface area contributed by atoms with Gasteiger partial charge in [0.25, 0.3) is 0 Å². The molecule has 1 amide bonds. The molecule has 0 bridgehead atoms. The number of benzene rings is 1. The van der Waals surface area contributed by atoms with Crippen LogP contribution in [0.5, 0.6) is 5.75 Å². The summed E-state index contributed by atoms with van der Waals surface area (Å²) in [6, 6.07) is 2.79. The zero-order valence-corrected chi connectivity index (χ0v) is 15.5. The molecule has 1 aromatic carbocycles. The van der Waals surface area contributed by atoms with Crippen LogP contribution in [-0.4, -0.2) is 44.4 Å². The molecule has 132 valence electrons. The summed E-state index contributed by atoms with van der Waals surface area (Å²) in [4.78, 5) is 12.4. The van der Waals surface area contributed by atoms with Crippen LogP contribution in [0.2, 0.25) is 10.0 Å². The van der Waals surface area contributed by atoms with Crippen molar-refractivity contribution in [1.29, 1.82) is 0 Å². The molecule has 2 aliphatic heterocycles. The Morgan fingerprint density at radius 2 is 1.96 bits per heavy atom. The van der Waals surface area contributed by atoms with Crippen LogP contribution in [0, 0.1) is 0 Å². The molecule has 1 N–H and O–H groups in total. The van der Waals surface area contributed by atoms with Crippen molar-refractivity contribution in [1.82, 2.24) is 9.62 Å². The zero-order chi connectivity index (χ0) is 17.5. The second-order valence-corrected chi connectivity index (χ2v) is 8.58. The minimum absolute atomic E-state index is 0.00225. The minimum Gasteiger partial charge on any atom is -0.494 e. The molecule has 1 atom stereocenters. The van der Waals surface area contributed by atoms with Crippen LogP contribution in [-0.2, 0) is 14.8 Å². The summed E-state index contributed by atoms with van der Waals surface area (Å²) in [6.07, 6.45) is 2.41. The van der Waals surface area contributed by atoms with Crippen LogP contribution in [0.1, 0.15) is 25.7 Å². The molecule has 0 saturated carbocycles. The fourth-order valence-corrected chi connectivity index (χ4v) is 6.01. The maximum atomic E-state index is 13.3. The third-order valence-electron chi connectivity index (χ3n) is 4.69. The molecule has 2 aliphatic rings. The lowest BCUT2D eigenvalue weighted by Crippen LogP contribution is -2.60. The van der Waals surface area contributed by atoms with Crippen molar-refractivity contribution in [3.05, 3.63) is 22.2 Å². The zero-order valence-electron chi connectivity index (χ0n) is 13.1. The summed E-state index contributed by atoms with van der Waals surface area (Å²) in [5.41, 5.74) is -1.02. The van der Waals surface area contributed by atoms with Crippen LogP contribution < -0.4 is 10.1 Å². The third kappa shape index (κ3) is 2.58. The van der Waals surface area contributed by atoms with Gasteiger partial charge < -0.3 is 10.1 Å². The maximum absolute atomic E-state index is 13.3. The van der Waals surface area contributed by atoms with Gasteiger partial charge in [-0.05, 0) is 37.8 Å². The Bertz CT molecular complexity index is 784. The highest BCUT2D eigenvalue weighted by Gasteiger charge is 2.54. The largest absolute Gasteiger partial charge is 0.494 e. The van der Waals surface area contributed by atoms with Crippen molar-refractivity contribution < 1.29 is 17.9 Å². The first-order valence-electron chi connectivity index (χ1n) is 7.68. The van der Waals surface area contributed by atoms with Gasteiger partial charge in [0.05, 0.1) is 12.1 Å². The average molecular weight is 393 g/mol. The average Bonchev–Trinajstić information content (AvgIpc) is 2.98. The highest BCUT2D eigenvalue weighted by atomic mass is 35.5. The number of piperidine rings is 1. The number of halogens is 2. The van der Waals surface area contributed by atoms with Crippen molar-refractivity contribution in [3.8, 4) is 5.75 Å². The molecule has 1 unspecified atom stereocenters. The predicted molar refractivity (Wildman–Crippen MR) is 91.1 cm³/mol. The van der Waals surface area contributed by atoms with Gasteiger partial charge in [0.15, 0.2) is 5.75 Å². The fourth-order valence-electron chi connectivity index (χ4n) is 3.57.